The number of ether oxygens (including phenoxy) is 1. The maximum atomic E-state index is 11.4. The van der Waals surface area contributed by atoms with E-state index in [9.17, 15) is 17.4 Å². The summed E-state index contributed by atoms with van der Waals surface area (Å²) in [6.07, 6.45) is 3.11. The van der Waals surface area contributed by atoms with Crippen molar-refractivity contribution in [1.82, 2.24) is 0 Å². The third-order valence-electron chi connectivity index (χ3n) is 3.04. The van der Waals surface area contributed by atoms with Crippen molar-refractivity contribution in [2.75, 3.05) is 12.4 Å². The monoisotopic (exact) mass is 437 g/mol. The Kier molecular flexibility index (Phi) is 9.25. The Balaban J connectivity index is 0.000000277. The van der Waals surface area contributed by atoms with Gasteiger partial charge in [0.1, 0.15) is 0 Å². The number of hydrogen-bond acceptors (Lipinski definition) is 6. The van der Waals surface area contributed by atoms with Crippen molar-refractivity contribution < 1.29 is 31.3 Å². The quantitative estimate of drug-likeness (QED) is 0.213. The maximum absolute atomic E-state index is 11.4. The first-order valence-electron chi connectivity index (χ1n) is 7.64. The van der Waals surface area contributed by atoms with E-state index in [0.29, 0.717) is 0 Å². The second-order valence-electron chi connectivity index (χ2n) is 5.07. The van der Waals surface area contributed by atoms with Gasteiger partial charge in [0.15, 0.2) is 0 Å². The fourth-order valence-electron chi connectivity index (χ4n) is 1.86. The molecule has 144 valence electrons. The van der Waals surface area contributed by atoms with Gasteiger partial charge in [-0.3, -0.25) is 0 Å². The van der Waals surface area contributed by atoms with E-state index >= 15 is 0 Å². The average molecular weight is 437 g/mol. The minimum absolute atomic E-state index is 0.103. The molecule has 0 radical (unpaired) electrons. The number of benzene rings is 2. The summed E-state index contributed by atoms with van der Waals surface area (Å²) in [7, 11) is 1.36. The van der Waals surface area contributed by atoms with Crippen LogP contribution >= 0.6 is 0 Å². The molecule has 0 spiro atoms. The predicted octanol–water partition coefficient (Wildman–Crippen LogP) is 1.58. The Hall–Kier alpha value is -2.64. The van der Waals surface area contributed by atoms with Crippen LogP contribution in [0.25, 0.3) is 6.08 Å². The molecule has 2 aromatic rings. The van der Waals surface area contributed by atoms with Crippen LogP contribution in [-0.4, -0.2) is 42.5 Å². The molecule has 2 aromatic carbocycles. The first kappa shape index (κ1) is 22.4. The molecule has 3 N–H and O–H groups in total. The van der Waals surface area contributed by atoms with Crippen LogP contribution in [0.15, 0.2) is 60.7 Å². The molecule has 0 aromatic heterocycles. The van der Waals surface area contributed by atoms with Gasteiger partial charge in [0.2, 0.25) is 0 Å². The Bertz CT molecular complexity index is 837. The SMILES string of the molecule is CC(=O)Nc1ccccc1[As](=O)(O)OO.COC(=O)C=Cc1ccccc1. The van der Waals surface area contributed by atoms with Crippen molar-refractivity contribution in [1.29, 1.82) is 0 Å². The number of amides is 1. The molecule has 0 aliphatic heterocycles. The number of carbonyl (C=O) groups is 2. The number of nitrogens with one attached hydrogen (secondary N) is 1. The number of hydrogen-bond donors (Lipinski definition) is 3. The number of esters is 1. The van der Waals surface area contributed by atoms with Crippen LogP contribution < -0.4 is 9.67 Å². The van der Waals surface area contributed by atoms with Gasteiger partial charge >= 0.3 is 94.4 Å². The van der Waals surface area contributed by atoms with Gasteiger partial charge in [-0.2, -0.15) is 0 Å². The first-order valence-corrected chi connectivity index (χ1v) is 11.0. The predicted molar refractivity (Wildman–Crippen MR) is 100 cm³/mol. The van der Waals surface area contributed by atoms with Crippen molar-refractivity contribution in [3.63, 3.8) is 0 Å². The molecule has 1 atom stereocenters. The average Bonchev–Trinajstić information content (AvgIpc) is 2.67. The van der Waals surface area contributed by atoms with Crippen molar-refractivity contribution in [2.24, 2.45) is 0 Å². The number of rotatable bonds is 5. The van der Waals surface area contributed by atoms with Crippen molar-refractivity contribution in [3.05, 3.63) is 66.2 Å². The molecule has 27 heavy (non-hydrogen) atoms. The number of carbonyl (C=O) groups excluding carboxylic acids is 2. The van der Waals surface area contributed by atoms with Crippen molar-refractivity contribution >= 4 is 42.2 Å². The van der Waals surface area contributed by atoms with Crippen LogP contribution in [0.4, 0.5) is 5.69 Å². The molecule has 2 rings (SSSR count). The summed E-state index contributed by atoms with van der Waals surface area (Å²) < 4.78 is 28.6. The van der Waals surface area contributed by atoms with Gasteiger partial charge < -0.3 is 4.74 Å². The second-order valence-corrected chi connectivity index (χ2v) is 8.60. The third-order valence-corrected chi connectivity index (χ3v) is 5.60. The molecule has 0 saturated heterocycles. The van der Waals surface area contributed by atoms with Gasteiger partial charge in [-0.15, -0.1) is 0 Å². The van der Waals surface area contributed by atoms with E-state index in [4.69, 9.17) is 5.26 Å². The van der Waals surface area contributed by atoms with Crippen molar-refractivity contribution in [3.8, 4) is 0 Å². The van der Waals surface area contributed by atoms with Gasteiger partial charge in [0.05, 0.1) is 7.11 Å². The number of anilines is 1. The maximum Gasteiger partial charge on any atom is 0.330 e. The molecule has 8 nitrogen and oxygen atoms in total. The Labute approximate surface area is 159 Å². The van der Waals surface area contributed by atoms with Crippen LogP contribution in [0, 0.1) is 0 Å². The number of para-hydroxylation sites is 1. The Morgan fingerprint density at radius 2 is 1.67 bits per heavy atom. The van der Waals surface area contributed by atoms with Crippen LogP contribution in [0.1, 0.15) is 12.5 Å². The molecule has 9 heteroatoms. The van der Waals surface area contributed by atoms with Crippen LogP contribution in [0.5, 0.6) is 0 Å². The molecule has 0 saturated carbocycles. The molecular weight excluding hydrogens is 417 g/mol. The van der Waals surface area contributed by atoms with E-state index in [0.717, 1.165) is 5.56 Å². The zero-order chi connectivity index (χ0) is 20.3. The zero-order valence-corrected chi connectivity index (χ0v) is 16.6. The Morgan fingerprint density at radius 3 is 2.22 bits per heavy atom. The van der Waals surface area contributed by atoms with E-state index < -0.39 is 14.2 Å². The van der Waals surface area contributed by atoms with E-state index in [1.54, 1.807) is 12.1 Å². The second kappa shape index (κ2) is 11.2. The molecule has 1 amide bonds. The topological polar surface area (TPSA) is 122 Å². The van der Waals surface area contributed by atoms with Crippen molar-refractivity contribution in [2.45, 2.75) is 6.92 Å². The summed E-state index contributed by atoms with van der Waals surface area (Å²) in [6.45, 7) is 1.27. The first-order chi connectivity index (χ1) is 12.8. The molecule has 0 fully saturated rings. The molecule has 0 heterocycles. The van der Waals surface area contributed by atoms with E-state index in [-0.39, 0.29) is 21.9 Å². The molecular formula is C18H20AsNO7. The summed E-state index contributed by atoms with van der Waals surface area (Å²) >= 11 is -4.92. The largest absolute Gasteiger partial charge is 0.466 e. The fourth-order valence-corrected chi connectivity index (χ4v) is 3.53. The van der Waals surface area contributed by atoms with Gasteiger partial charge in [-0.05, 0) is 11.6 Å². The van der Waals surface area contributed by atoms with Gasteiger partial charge in [-0.1, -0.05) is 30.3 Å². The fraction of sp³-hybridized carbons (Fsp3) is 0.111. The third kappa shape index (κ3) is 8.06. The molecule has 1 unspecified atom stereocenters. The summed E-state index contributed by atoms with van der Waals surface area (Å²) in [6, 6.07) is 15.4. The zero-order valence-electron chi connectivity index (χ0n) is 14.7. The number of methoxy groups -OCH3 is 1. The van der Waals surface area contributed by atoms with Crippen LogP contribution in [0.3, 0.4) is 0 Å². The van der Waals surface area contributed by atoms with E-state index in [2.05, 4.69) is 13.9 Å². The van der Waals surface area contributed by atoms with Gasteiger partial charge in [-0.25, -0.2) is 4.79 Å². The molecule has 0 bridgehead atoms. The van der Waals surface area contributed by atoms with Gasteiger partial charge in [0, 0.05) is 6.08 Å². The minimum atomic E-state index is -4.92. The summed E-state index contributed by atoms with van der Waals surface area (Å²) in [5.41, 5.74) is 1.15. The Morgan fingerprint density at radius 1 is 1.07 bits per heavy atom. The smallest absolute Gasteiger partial charge is 0.330 e. The summed E-state index contributed by atoms with van der Waals surface area (Å²) in [5.74, 6) is -0.713. The summed E-state index contributed by atoms with van der Waals surface area (Å²) in [4.78, 5) is 21.5. The van der Waals surface area contributed by atoms with Gasteiger partial charge in [0.25, 0.3) is 0 Å². The molecule has 0 aliphatic rings. The van der Waals surface area contributed by atoms with Crippen LogP contribution in [0.2, 0.25) is 0 Å². The summed E-state index contributed by atoms with van der Waals surface area (Å²) in [5, 5.41) is 10.7. The van der Waals surface area contributed by atoms with E-state index in [1.165, 1.54) is 38.3 Å². The molecule has 0 aliphatic carbocycles. The minimum Gasteiger partial charge on any atom is -0.466 e. The van der Waals surface area contributed by atoms with E-state index in [1.807, 2.05) is 30.3 Å². The van der Waals surface area contributed by atoms with Crippen LogP contribution in [-0.2, 0) is 21.9 Å². The standard InChI is InChI=1S/C10H10O2.C8H10AsNO5/c1-12-10(11)8-7-9-5-3-2-4-6-9;1-6(11)10-8-5-3-2-4-7(8)9(12,13)15-14/h2-8H,1H3;2-5,14H,1H3,(H,10,11)(H,12,13). The normalized spacial score (nSPS) is 12.4.